The largest absolute Gasteiger partial charge is 0.390 e. The Morgan fingerprint density at radius 1 is 1.28 bits per heavy atom. The summed E-state index contributed by atoms with van der Waals surface area (Å²) in [4.78, 5) is 12.7. The van der Waals surface area contributed by atoms with E-state index in [2.05, 4.69) is 0 Å². The van der Waals surface area contributed by atoms with Gasteiger partial charge in [-0.05, 0) is 11.8 Å². The van der Waals surface area contributed by atoms with Crippen LogP contribution in [0.2, 0.25) is 0 Å². The van der Waals surface area contributed by atoms with E-state index in [0.717, 1.165) is 4.90 Å². The predicted molar refractivity (Wildman–Crippen MR) is 65.0 cm³/mol. The second-order valence-corrected chi connectivity index (χ2v) is 5.91. The standard InChI is InChI=1S/C12H23F3N2O/c1-11(2,3)8-9(16)7-10(18)17(4)6-5-12(13,14)15/h9H,5-8,16H2,1-4H3. The van der Waals surface area contributed by atoms with Crippen molar-refractivity contribution in [3.05, 3.63) is 0 Å². The molecule has 0 saturated carbocycles. The third-order valence-electron chi connectivity index (χ3n) is 2.47. The van der Waals surface area contributed by atoms with Gasteiger partial charge < -0.3 is 10.6 Å². The number of nitrogens with zero attached hydrogens (tertiary/aromatic N) is 1. The van der Waals surface area contributed by atoms with E-state index >= 15 is 0 Å². The SMILES string of the molecule is CN(CCC(F)(F)F)C(=O)CC(N)CC(C)(C)C. The van der Waals surface area contributed by atoms with Crippen LogP contribution in [0.25, 0.3) is 0 Å². The molecule has 0 heterocycles. The van der Waals surface area contributed by atoms with Crippen LogP contribution < -0.4 is 5.73 Å². The lowest BCUT2D eigenvalue weighted by molar-refractivity contribution is -0.144. The van der Waals surface area contributed by atoms with Crippen LogP contribution in [0, 0.1) is 5.41 Å². The average molecular weight is 268 g/mol. The Bertz CT molecular complexity index is 271. The van der Waals surface area contributed by atoms with Crippen molar-refractivity contribution in [3.8, 4) is 0 Å². The number of rotatable bonds is 5. The molecule has 0 aromatic carbocycles. The molecule has 0 radical (unpaired) electrons. The Balaban J connectivity index is 4.08. The Morgan fingerprint density at radius 2 is 1.78 bits per heavy atom. The average Bonchev–Trinajstić information content (AvgIpc) is 2.09. The fraction of sp³-hybridized carbons (Fsp3) is 0.917. The van der Waals surface area contributed by atoms with Gasteiger partial charge in [0.05, 0.1) is 6.42 Å². The van der Waals surface area contributed by atoms with Crippen LogP contribution in [-0.4, -0.2) is 36.6 Å². The zero-order chi connectivity index (χ0) is 14.6. The van der Waals surface area contributed by atoms with Gasteiger partial charge >= 0.3 is 6.18 Å². The highest BCUT2D eigenvalue weighted by molar-refractivity contribution is 5.76. The number of amides is 1. The highest BCUT2D eigenvalue weighted by atomic mass is 19.4. The monoisotopic (exact) mass is 268 g/mol. The van der Waals surface area contributed by atoms with Crippen molar-refractivity contribution < 1.29 is 18.0 Å². The molecule has 108 valence electrons. The zero-order valence-electron chi connectivity index (χ0n) is 11.5. The lowest BCUT2D eigenvalue weighted by Crippen LogP contribution is -2.36. The molecule has 1 atom stereocenters. The summed E-state index contributed by atoms with van der Waals surface area (Å²) in [5.74, 6) is -0.337. The van der Waals surface area contributed by atoms with Gasteiger partial charge in [-0.25, -0.2) is 0 Å². The van der Waals surface area contributed by atoms with Crippen molar-refractivity contribution in [2.45, 2.75) is 52.3 Å². The summed E-state index contributed by atoms with van der Waals surface area (Å²) in [6.45, 7) is 5.70. The van der Waals surface area contributed by atoms with E-state index in [-0.39, 0.29) is 30.3 Å². The first-order valence-electron chi connectivity index (χ1n) is 5.97. The molecule has 0 spiro atoms. The van der Waals surface area contributed by atoms with Gasteiger partial charge in [0.1, 0.15) is 0 Å². The highest BCUT2D eigenvalue weighted by Gasteiger charge is 2.28. The molecule has 0 aromatic rings. The van der Waals surface area contributed by atoms with E-state index in [0.29, 0.717) is 6.42 Å². The summed E-state index contributed by atoms with van der Waals surface area (Å²) in [5.41, 5.74) is 5.81. The maximum atomic E-state index is 12.0. The van der Waals surface area contributed by atoms with Crippen molar-refractivity contribution in [1.82, 2.24) is 4.90 Å². The van der Waals surface area contributed by atoms with E-state index < -0.39 is 12.6 Å². The maximum Gasteiger partial charge on any atom is 0.390 e. The molecule has 0 saturated heterocycles. The molecule has 0 aliphatic carbocycles. The van der Waals surface area contributed by atoms with Crippen LogP contribution in [0.3, 0.4) is 0 Å². The zero-order valence-corrected chi connectivity index (χ0v) is 11.5. The maximum absolute atomic E-state index is 12.0. The lowest BCUT2D eigenvalue weighted by Gasteiger charge is -2.25. The van der Waals surface area contributed by atoms with Gasteiger partial charge in [-0.1, -0.05) is 20.8 Å². The van der Waals surface area contributed by atoms with E-state index in [1.165, 1.54) is 7.05 Å². The Labute approximate surface area is 107 Å². The summed E-state index contributed by atoms with van der Waals surface area (Å²) in [6, 6.07) is -0.314. The third kappa shape index (κ3) is 9.27. The molecular formula is C12H23F3N2O. The van der Waals surface area contributed by atoms with Crippen molar-refractivity contribution in [2.75, 3.05) is 13.6 Å². The molecule has 0 aliphatic rings. The number of carbonyl (C=O) groups is 1. The minimum atomic E-state index is -4.23. The van der Waals surface area contributed by atoms with Gasteiger partial charge in [0.15, 0.2) is 0 Å². The summed E-state index contributed by atoms with van der Waals surface area (Å²) in [7, 11) is 1.37. The van der Waals surface area contributed by atoms with Gasteiger partial charge in [0.2, 0.25) is 5.91 Å². The second-order valence-electron chi connectivity index (χ2n) is 5.91. The van der Waals surface area contributed by atoms with Gasteiger partial charge in [0, 0.05) is 26.1 Å². The predicted octanol–water partition coefficient (Wildman–Crippen LogP) is 2.55. The van der Waals surface area contributed by atoms with E-state index in [9.17, 15) is 18.0 Å². The first-order chi connectivity index (χ1) is 7.91. The van der Waals surface area contributed by atoms with Gasteiger partial charge in [0.25, 0.3) is 0 Å². The molecule has 1 amide bonds. The Kier molecular flexibility index (Phi) is 6.13. The van der Waals surface area contributed by atoms with Crippen LogP contribution in [-0.2, 0) is 4.79 Å². The van der Waals surface area contributed by atoms with E-state index in [1.54, 1.807) is 0 Å². The van der Waals surface area contributed by atoms with Crippen molar-refractivity contribution in [1.29, 1.82) is 0 Å². The van der Waals surface area contributed by atoms with E-state index in [4.69, 9.17) is 5.73 Å². The van der Waals surface area contributed by atoms with Crippen LogP contribution in [0.4, 0.5) is 13.2 Å². The van der Waals surface area contributed by atoms with Crippen molar-refractivity contribution in [2.24, 2.45) is 11.1 Å². The Hall–Kier alpha value is -0.780. The first-order valence-corrected chi connectivity index (χ1v) is 5.97. The fourth-order valence-electron chi connectivity index (χ4n) is 1.66. The molecule has 0 fully saturated rings. The molecule has 3 nitrogen and oxygen atoms in total. The van der Waals surface area contributed by atoms with Crippen molar-refractivity contribution in [3.63, 3.8) is 0 Å². The van der Waals surface area contributed by atoms with Crippen LogP contribution >= 0.6 is 0 Å². The second kappa shape index (κ2) is 6.41. The fourth-order valence-corrected chi connectivity index (χ4v) is 1.66. The molecule has 0 rings (SSSR count). The van der Waals surface area contributed by atoms with Crippen LogP contribution in [0.1, 0.15) is 40.0 Å². The number of alkyl halides is 3. The topological polar surface area (TPSA) is 46.3 Å². The number of nitrogens with two attached hydrogens (primary N) is 1. The van der Waals surface area contributed by atoms with Crippen LogP contribution in [0.5, 0.6) is 0 Å². The lowest BCUT2D eigenvalue weighted by atomic mass is 9.87. The molecule has 1 unspecified atom stereocenters. The molecule has 2 N–H and O–H groups in total. The molecular weight excluding hydrogens is 245 g/mol. The number of halogens is 3. The minimum Gasteiger partial charge on any atom is -0.345 e. The van der Waals surface area contributed by atoms with Crippen molar-refractivity contribution >= 4 is 5.91 Å². The first kappa shape index (κ1) is 17.2. The molecule has 6 heteroatoms. The molecule has 0 aliphatic heterocycles. The number of carbonyl (C=O) groups excluding carboxylic acids is 1. The molecule has 0 bridgehead atoms. The Morgan fingerprint density at radius 3 is 2.17 bits per heavy atom. The highest BCUT2D eigenvalue weighted by Crippen LogP contribution is 2.22. The summed E-state index contributed by atoms with van der Waals surface area (Å²) >= 11 is 0. The number of hydrogen-bond acceptors (Lipinski definition) is 2. The van der Waals surface area contributed by atoms with Crippen LogP contribution in [0.15, 0.2) is 0 Å². The summed E-state index contributed by atoms with van der Waals surface area (Å²) in [6.07, 6.45) is -4.47. The van der Waals surface area contributed by atoms with Gasteiger partial charge in [-0.3, -0.25) is 4.79 Å². The summed E-state index contributed by atoms with van der Waals surface area (Å²) in [5, 5.41) is 0. The van der Waals surface area contributed by atoms with Gasteiger partial charge in [-0.2, -0.15) is 13.2 Å². The quantitative estimate of drug-likeness (QED) is 0.833. The summed E-state index contributed by atoms with van der Waals surface area (Å²) < 4.78 is 36.0. The number of hydrogen-bond donors (Lipinski definition) is 1. The van der Waals surface area contributed by atoms with Gasteiger partial charge in [-0.15, -0.1) is 0 Å². The molecule has 0 aromatic heterocycles. The third-order valence-corrected chi connectivity index (χ3v) is 2.47. The minimum absolute atomic E-state index is 0.00420. The van der Waals surface area contributed by atoms with E-state index in [1.807, 2.05) is 20.8 Å². The molecule has 18 heavy (non-hydrogen) atoms. The smallest absolute Gasteiger partial charge is 0.345 e. The normalized spacial score (nSPS) is 14.4.